The van der Waals surface area contributed by atoms with Crippen molar-refractivity contribution in [3.05, 3.63) is 58.1 Å². The molecule has 0 atom stereocenters. The summed E-state index contributed by atoms with van der Waals surface area (Å²) in [6, 6.07) is 9.29. The van der Waals surface area contributed by atoms with Gasteiger partial charge in [-0.25, -0.2) is 0 Å². The topological polar surface area (TPSA) is 72.5 Å². The molecule has 5 nitrogen and oxygen atoms in total. The zero-order valence-electron chi connectivity index (χ0n) is 21.5. The Hall–Kier alpha value is -2.95. The summed E-state index contributed by atoms with van der Waals surface area (Å²) in [6.07, 6.45) is 7.25. The molecule has 1 amide bonds. The Morgan fingerprint density at radius 1 is 1.03 bits per heavy atom. The van der Waals surface area contributed by atoms with Crippen LogP contribution in [0, 0.1) is 25.7 Å². The van der Waals surface area contributed by atoms with E-state index in [0.717, 1.165) is 59.6 Å². The van der Waals surface area contributed by atoms with Crippen LogP contribution < -0.4 is 10.1 Å². The average Bonchev–Trinajstić information content (AvgIpc) is 2.84. The van der Waals surface area contributed by atoms with E-state index in [2.05, 4.69) is 12.2 Å². The van der Waals surface area contributed by atoms with E-state index in [1.165, 1.54) is 26.2 Å². The molecule has 1 aliphatic rings. The zero-order valence-corrected chi connectivity index (χ0v) is 21.5. The summed E-state index contributed by atoms with van der Waals surface area (Å²) in [5, 5.41) is 3.03. The Morgan fingerprint density at radius 3 is 2.24 bits per heavy atom. The Balaban J connectivity index is 0.000000257. The van der Waals surface area contributed by atoms with Crippen LogP contribution in [0.2, 0.25) is 0 Å². The van der Waals surface area contributed by atoms with Gasteiger partial charge in [-0.15, -0.1) is 0 Å². The van der Waals surface area contributed by atoms with Crippen molar-refractivity contribution in [3.8, 4) is 5.75 Å². The highest BCUT2D eigenvalue weighted by Gasteiger charge is 2.25. The number of methoxy groups -OCH3 is 1. The largest absolute Gasteiger partial charge is 0.496 e. The lowest BCUT2D eigenvalue weighted by Crippen LogP contribution is -2.27. The third kappa shape index (κ3) is 7.28. The molecule has 2 aromatic rings. The summed E-state index contributed by atoms with van der Waals surface area (Å²) in [5.74, 6) is 1.99. The van der Waals surface area contributed by atoms with Gasteiger partial charge in [0.25, 0.3) is 0 Å². The van der Waals surface area contributed by atoms with Crippen molar-refractivity contribution in [1.82, 2.24) is 0 Å². The average molecular weight is 466 g/mol. The molecule has 1 saturated carbocycles. The first kappa shape index (κ1) is 27.3. The maximum Gasteiger partial charge on any atom is 0.227 e. The molecule has 3 rings (SSSR count). The first-order valence-corrected chi connectivity index (χ1v) is 12.3. The maximum absolute atomic E-state index is 12.3. The van der Waals surface area contributed by atoms with Crippen LogP contribution in [0.3, 0.4) is 0 Å². The Labute approximate surface area is 204 Å². The molecule has 0 aliphatic heterocycles. The lowest BCUT2D eigenvalue weighted by Gasteiger charge is -2.27. The number of benzene rings is 2. The van der Waals surface area contributed by atoms with Crippen LogP contribution in [0.25, 0.3) is 0 Å². The minimum atomic E-state index is 0.0219. The number of nitrogens with one attached hydrogen (secondary N) is 1. The molecule has 0 saturated heterocycles. The molecule has 0 radical (unpaired) electrons. The second-order valence-electron chi connectivity index (χ2n) is 9.19. The molecule has 5 heteroatoms. The molecular weight excluding hydrogens is 426 g/mol. The van der Waals surface area contributed by atoms with E-state index >= 15 is 0 Å². The number of carbonyl (C=O) groups is 3. The second kappa shape index (κ2) is 13.1. The van der Waals surface area contributed by atoms with Crippen LogP contribution in [0.15, 0.2) is 30.3 Å². The Kier molecular flexibility index (Phi) is 10.5. The zero-order chi connectivity index (χ0) is 25.3. The minimum absolute atomic E-state index is 0.0219. The first-order chi connectivity index (χ1) is 16.2. The molecule has 0 heterocycles. The van der Waals surface area contributed by atoms with E-state index in [0.29, 0.717) is 11.1 Å². The van der Waals surface area contributed by atoms with Gasteiger partial charge in [-0.3, -0.25) is 14.4 Å². The van der Waals surface area contributed by atoms with E-state index in [-0.39, 0.29) is 17.6 Å². The standard InChI is InChI=1S/C17H25NO2.C12H14O2/c1-4-13-6-8-14(9-7-13)17(19)18-15-10-5-12(2)16(11-15)20-3;1-4-11-8(2)5-10(7-13)6-12(11)9(3)14/h5,10-11,13-14H,4,6-9H2,1-3H3,(H,18,19);5-7H,4H2,1-3H3. The molecule has 0 spiro atoms. The van der Waals surface area contributed by atoms with Gasteiger partial charge in [0.05, 0.1) is 7.11 Å². The van der Waals surface area contributed by atoms with Gasteiger partial charge in [0, 0.05) is 28.8 Å². The predicted octanol–water partition coefficient (Wildman–Crippen LogP) is 6.73. The highest BCUT2D eigenvalue weighted by atomic mass is 16.5. The summed E-state index contributed by atoms with van der Waals surface area (Å²) in [4.78, 5) is 34.2. The maximum atomic E-state index is 12.3. The number of carbonyl (C=O) groups excluding carboxylic acids is 3. The van der Waals surface area contributed by atoms with Gasteiger partial charge in [0.1, 0.15) is 12.0 Å². The van der Waals surface area contributed by atoms with Crippen molar-refractivity contribution >= 4 is 23.7 Å². The van der Waals surface area contributed by atoms with Crippen LogP contribution in [0.1, 0.15) is 90.3 Å². The lowest BCUT2D eigenvalue weighted by molar-refractivity contribution is -0.121. The van der Waals surface area contributed by atoms with Crippen LogP contribution in [0.4, 0.5) is 5.69 Å². The summed E-state index contributed by atoms with van der Waals surface area (Å²) < 4.78 is 5.29. The van der Waals surface area contributed by atoms with Crippen molar-refractivity contribution in [1.29, 1.82) is 0 Å². The molecular formula is C29H39NO4. The van der Waals surface area contributed by atoms with E-state index < -0.39 is 0 Å². The van der Waals surface area contributed by atoms with E-state index in [4.69, 9.17) is 4.74 Å². The number of Topliss-reactive ketones (excluding diaryl/α,β-unsaturated/α-hetero) is 1. The van der Waals surface area contributed by atoms with Crippen LogP contribution in [-0.4, -0.2) is 25.1 Å². The Morgan fingerprint density at radius 2 is 1.71 bits per heavy atom. The molecule has 1 fully saturated rings. The Bertz CT molecular complexity index is 1000. The lowest BCUT2D eigenvalue weighted by atomic mass is 9.80. The normalized spacial score (nSPS) is 17.2. The fourth-order valence-corrected chi connectivity index (χ4v) is 4.67. The van der Waals surface area contributed by atoms with E-state index in [1.54, 1.807) is 13.2 Å². The van der Waals surface area contributed by atoms with Gasteiger partial charge in [0.2, 0.25) is 5.91 Å². The molecule has 0 unspecified atom stereocenters. The summed E-state index contributed by atoms with van der Waals surface area (Å²) in [5.41, 5.74) is 5.22. The van der Waals surface area contributed by atoms with Crippen molar-refractivity contribution in [3.63, 3.8) is 0 Å². The molecule has 2 aromatic carbocycles. The fraction of sp³-hybridized carbons (Fsp3) is 0.483. The number of rotatable bonds is 7. The van der Waals surface area contributed by atoms with Gasteiger partial charge >= 0.3 is 0 Å². The van der Waals surface area contributed by atoms with Crippen LogP contribution >= 0.6 is 0 Å². The number of hydrogen-bond donors (Lipinski definition) is 1. The third-order valence-corrected chi connectivity index (χ3v) is 6.83. The van der Waals surface area contributed by atoms with E-state index in [9.17, 15) is 14.4 Å². The number of aryl methyl sites for hydroxylation is 2. The monoisotopic (exact) mass is 465 g/mol. The quantitative estimate of drug-likeness (QED) is 0.363. The van der Waals surface area contributed by atoms with Gasteiger partial charge in [0.15, 0.2) is 5.78 Å². The molecule has 184 valence electrons. The fourth-order valence-electron chi connectivity index (χ4n) is 4.67. The summed E-state index contributed by atoms with van der Waals surface area (Å²) in [6.45, 7) is 9.70. The number of amides is 1. The van der Waals surface area contributed by atoms with Crippen molar-refractivity contribution < 1.29 is 19.1 Å². The highest BCUT2D eigenvalue weighted by Crippen LogP contribution is 2.31. The number of aldehydes is 1. The summed E-state index contributed by atoms with van der Waals surface area (Å²) >= 11 is 0. The van der Waals surface area contributed by atoms with E-state index in [1.807, 2.05) is 45.0 Å². The summed E-state index contributed by atoms with van der Waals surface area (Å²) in [7, 11) is 1.65. The minimum Gasteiger partial charge on any atom is -0.496 e. The smallest absolute Gasteiger partial charge is 0.227 e. The first-order valence-electron chi connectivity index (χ1n) is 12.3. The molecule has 1 aliphatic carbocycles. The van der Waals surface area contributed by atoms with Crippen LogP contribution in [0.5, 0.6) is 5.75 Å². The van der Waals surface area contributed by atoms with Crippen molar-refractivity contribution in [2.45, 2.75) is 73.1 Å². The second-order valence-corrected chi connectivity index (χ2v) is 9.19. The van der Waals surface area contributed by atoms with Gasteiger partial charge < -0.3 is 10.1 Å². The number of ether oxygens (including phenoxy) is 1. The number of hydrogen-bond acceptors (Lipinski definition) is 4. The SMILES string of the molecule is CCC1CCC(C(=O)Nc2ccc(C)c(OC)c2)CC1.CCc1c(C)cc(C=O)cc1C(C)=O. The van der Waals surface area contributed by atoms with Crippen molar-refractivity contribution in [2.24, 2.45) is 11.8 Å². The molecule has 0 aromatic heterocycles. The molecule has 1 N–H and O–H groups in total. The van der Waals surface area contributed by atoms with Crippen molar-refractivity contribution in [2.75, 3.05) is 12.4 Å². The molecule has 0 bridgehead atoms. The predicted molar refractivity (Wildman–Crippen MR) is 138 cm³/mol. The third-order valence-electron chi connectivity index (χ3n) is 6.83. The van der Waals surface area contributed by atoms with Gasteiger partial charge in [-0.05, 0) is 93.7 Å². The van der Waals surface area contributed by atoms with Crippen LogP contribution in [-0.2, 0) is 11.2 Å². The number of ketones is 1. The highest BCUT2D eigenvalue weighted by molar-refractivity contribution is 5.97. The van der Waals surface area contributed by atoms with Gasteiger partial charge in [-0.2, -0.15) is 0 Å². The number of anilines is 1. The molecule has 34 heavy (non-hydrogen) atoms. The van der Waals surface area contributed by atoms with Gasteiger partial charge in [-0.1, -0.05) is 26.3 Å².